The molecule has 178 valence electrons. The van der Waals surface area contributed by atoms with Gasteiger partial charge in [-0.2, -0.15) is 0 Å². The summed E-state index contributed by atoms with van der Waals surface area (Å²) < 4.78 is 19.2. The van der Waals surface area contributed by atoms with Crippen molar-refractivity contribution in [3.05, 3.63) is 108 Å². The molecule has 3 aromatic rings. The molecule has 0 bridgehead atoms. The maximum absolute atomic E-state index is 10.9. The smallest absolute Gasteiger partial charge is 0.104 e. The monoisotopic (exact) mass is 459 g/mol. The van der Waals surface area contributed by atoms with Crippen LogP contribution in [0.1, 0.15) is 23.1 Å². The lowest BCUT2D eigenvalue weighted by atomic mass is 10.0. The van der Waals surface area contributed by atoms with Gasteiger partial charge in [-0.1, -0.05) is 91.0 Å². The Morgan fingerprint density at radius 1 is 0.676 bits per heavy atom. The molecule has 0 unspecified atom stereocenters. The lowest BCUT2D eigenvalue weighted by molar-refractivity contribution is -0.0948. The number of fused-ring (bicyclic) bond motifs is 1. The molecule has 0 radical (unpaired) electrons. The van der Waals surface area contributed by atoms with E-state index in [0.717, 1.165) is 29.7 Å². The van der Waals surface area contributed by atoms with E-state index in [1.807, 2.05) is 54.6 Å². The minimum atomic E-state index is -0.428. The standard InChI is InChI=1S/C29H33NO4/c31-26-16-17-30-25(21-32-18-22-10-4-1-5-11-22)28(33-19-23-12-6-2-7-13-23)29(27(26)30)34-20-24-14-8-3-9-15-24/h1-15,25-29,31H,16-21H2/t25-,26-,27+,28-,29-/m1/s1. The van der Waals surface area contributed by atoms with E-state index < -0.39 is 6.10 Å². The van der Waals surface area contributed by atoms with Gasteiger partial charge in [-0.3, -0.25) is 4.90 Å². The molecule has 2 aliphatic rings. The van der Waals surface area contributed by atoms with Gasteiger partial charge in [-0.05, 0) is 23.1 Å². The van der Waals surface area contributed by atoms with Crippen molar-refractivity contribution in [3.63, 3.8) is 0 Å². The van der Waals surface area contributed by atoms with Crippen molar-refractivity contribution in [1.29, 1.82) is 0 Å². The molecule has 2 fully saturated rings. The fraction of sp³-hybridized carbons (Fsp3) is 0.379. The number of ether oxygens (including phenoxy) is 3. The number of rotatable bonds is 10. The van der Waals surface area contributed by atoms with Gasteiger partial charge in [0.2, 0.25) is 0 Å². The Kier molecular flexibility index (Phi) is 7.69. The van der Waals surface area contributed by atoms with E-state index in [-0.39, 0.29) is 24.3 Å². The Morgan fingerprint density at radius 2 is 1.18 bits per heavy atom. The largest absolute Gasteiger partial charge is 0.391 e. The molecule has 0 saturated carbocycles. The molecule has 2 heterocycles. The number of hydrogen-bond acceptors (Lipinski definition) is 5. The van der Waals surface area contributed by atoms with Crippen LogP contribution in [0.2, 0.25) is 0 Å². The molecule has 0 amide bonds. The minimum absolute atomic E-state index is 0.0235. The molecule has 3 aromatic carbocycles. The van der Waals surface area contributed by atoms with Gasteiger partial charge in [0.25, 0.3) is 0 Å². The minimum Gasteiger partial charge on any atom is -0.391 e. The Bertz CT molecular complexity index is 1000. The first-order chi connectivity index (χ1) is 16.8. The van der Waals surface area contributed by atoms with Crippen LogP contribution in [0.4, 0.5) is 0 Å². The van der Waals surface area contributed by atoms with Crippen LogP contribution in [0.15, 0.2) is 91.0 Å². The highest BCUT2D eigenvalue weighted by Gasteiger charge is 2.55. The fourth-order valence-electron chi connectivity index (χ4n) is 5.21. The van der Waals surface area contributed by atoms with Crippen molar-refractivity contribution in [1.82, 2.24) is 4.90 Å². The van der Waals surface area contributed by atoms with E-state index in [2.05, 4.69) is 41.3 Å². The zero-order valence-electron chi connectivity index (χ0n) is 19.4. The number of nitrogens with zero attached hydrogens (tertiary/aromatic N) is 1. The third-order valence-electron chi connectivity index (χ3n) is 6.90. The lowest BCUT2D eigenvalue weighted by Crippen LogP contribution is -2.42. The second kappa shape index (κ2) is 11.3. The van der Waals surface area contributed by atoms with Crippen LogP contribution in [0.5, 0.6) is 0 Å². The summed E-state index contributed by atoms with van der Waals surface area (Å²) in [6.45, 7) is 2.90. The third kappa shape index (κ3) is 5.40. The van der Waals surface area contributed by atoms with Crippen molar-refractivity contribution < 1.29 is 19.3 Å². The number of benzene rings is 3. The lowest BCUT2D eigenvalue weighted by Gasteiger charge is -2.28. The summed E-state index contributed by atoms with van der Waals surface area (Å²) in [5.74, 6) is 0. The Hall–Kier alpha value is -2.54. The number of aliphatic hydroxyl groups excluding tert-OH is 1. The first-order valence-corrected chi connectivity index (χ1v) is 12.2. The first-order valence-electron chi connectivity index (χ1n) is 12.2. The van der Waals surface area contributed by atoms with Crippen molar-refractivity contribution >= 4 is 0 Å². The third-order valence-corrected chi connectivity index (χ3v) is 6.90. The summed E-state index contributed by atoms with van der Waals surface area (Å²) in [4.78, 5) is 2.35. The highest BCUT2D eigenvalue weighted by atomic mass is 16.5. The predicted molar refractivity (Wildman–Crippen MR) is 131 cm³/mol. The van der Waals surface area contributed by atoms with E-state index in [1.165, 1.54) is 0 Å². The molecule has 5 nitrogen and oxygen atoms in total. The molecule has 5 atom stereocenters. The number of aliphatic hydroxyl groups is 1. The maximum atomic E-state index is 10.9. The molecule has 0 aromatic heterocycles. The molecule has 5 rings (SSSR count). The average molecular weight is 460 g/mol. The second-order valence-corrected chi connectivity index (χ2v) is 9.17. The van der Waals surface area contributed by atoms with Crippen LogP contribution >= 0.6 is 0 Å². The van der Waals surface area contributed by atoms with Gasteiger partial charge in [-0.25, -0.2) is 0 Å². The van der Waals surface area contributed by atoms with Gasteiger partial charge in [0.1, 0.15) is 12.2 Å². The fourth-order valence-corrected chi connectivity index (χ4v) is 5.21. The summed E-state index contributed by atoms with van der Waals surface area (Å²) in [6.07, 6.45) is -0.106. The van der Waals surface area contributed by atoms with Crippen LogP contribution in [-0.4, -0.2) is 53.6 Å². The zero-order valence-corrected chi connectivity index (χ0v) is 19.4. The van der Waals surface area contributed by atoms with Gasteiger partial charge in [-0.15, -0.1) is 0 Å². The van der Waals surface area contributed by atoms with Gasteiger partial charge >= 0.3 is 0 Å². The molecular formula is C29H33NO4. The van der Waals surface area contributed by atoms with Crippen molar-refractivity contribution in [2.75, 3.05) is 13.2 Å². The quantitative estimate of drug-likeness (QED) is 0.493. The van der Waals surface area contributed by atoms with Gasteiger partial charge < -0.3 is 19.3 Å². The van der Waals surface area contributed by atoms with E-state index in [4.69, 9.17) is 14.2 Å². The SMILES string of the molecule is O[C@@H]1CCN2[C@@H]1[C@@H](OCc1ccccc1)[C@H](OCc1ccccc1)[C@H]2COCc1ccccc1. The second-order valence-electron chi connectivity index (χ2n) is 9.17. The van der Waals surface area contributed by atoms with E-state index in [1.54, 1.807) is 0 Å². The summed E-state index contributed by atoms with van der Waals surface area (Å²) in [5.41, 5.74) is 3.39. The van der Waals surface area contributed by atoms with E-state index in [9.17, 15) is 5.11 Å². The summed E-state index contributed by atoms with van der Waals surface area (Å²) >= 11 is 0. The summed E-state index contributed by atoms with van der Waals surface area (Å²) in [7, 11) is 0. The van der Waals surface area contributed by atoms with Crippen LogP contribution in [0.25, 0.3) is 0 Å². The molecule has 0 aliphatic carbocycles. The first kappa shape index (κ1) is 23.2. The normalized spacial score (nSPS) is 26.6. The van der Waals surface area contributed by atoms with Gasteiger partial charge in [0, 0.05) is 6.54 Å². The van der Waals surface area contributed by atoms with E-state index >= 15 is 0 Å². The zero-order chi connectivity index (χ0) is 23.2. The van der Waals surface area contributed by atoms with Crippen molar-refractivity contribution in [2.45, 2.75) is 56.6 Å². The molecule has 1 N–H and O–H groups in total. The predicted octanol–water partition coefficient (Wildman–Crippen LogP) is 4.19. The highest BCUT2D eigenvalue weighted by molar-refractivity contribution is 5.17. The van der Waals surface area contributed by atoms with Crippen molar-refractivity contribution in [2.24, 2.45) is 0 Å². The molecule has 34 heavy (non-hydrogen) atoms. The molecule has 2 aliphatic heterocycles. The number of hydrogen-bond donors (Lipinski definition) is 1. The van der Waals surface area contributed by atoms with Crippen LogP contribution < -0.4 is 0 Å². The highest BCUT2D eigenvalue weighted by Crippen LogP contribution is 2.38. The van der Waals surface area contributed by atoms with Gasteiger partial charge in [0.15, 0.2) is 0 Å². The molecule has 2 saturated heterocycles. The average Bonchev–Trinajstić information content (AvgIpc) is 3.40. The molecule has 0 spiro atoms. The molecule has 5 heteroatoms. The van der Waals surface area contributed by atoms with Crippen molar-refractivity contribution in [3.8, 4) is 0 Å². The van der Waals surface area contributed by atoms with Crippen LogP contribution in [0.3, 0.4) is 0 Å². The Labute approximate surface area is 201 Å². The molecular weight excluding hydrogens is 426 g/mol. The van der Waals surface area contributed by atoms with Gasteiger partial charge in [0.05, 0.1) is 44.6 Å². The Morgan fingerprint density at radius 3 is 1.74 bits per heavy atom. The topological polar surface area (TPSA) is 51.2 Å². The van der Waals surface area contributed by atoms with E-state index in [0.29, 0.717) is 26.4 Å². The summed E-state index contributed by atoms with van der Waals surface area (Å²) in [6, 6.07) is 30.6. The van der Waals surface area contributed by atoms with Crippen LogP contribution in [0, 0.1) is 0 Å². The maximum Gasteiger partial charge on any atom is 0.104 e. The Balaban J connectivity index is 1.33. The van der Waals surface area contributed by atoms with Crippen LogP contribution in [-0.2, 0) is 34.0 Å². The summed E-state index contributed by atoms with van der Waals surface area (Å²) in [5, 5.41) is 10.9.